The van der Waals surface area contributed by atoms with Crippen LogP contribution in [0.5, 0.6) is 0 Å². The quantitative estimate of drug-likeness (QED) is 0.452. The fourth-order valence-electron chi connectivity index (χ4n) is 4.21. The van der Waals surface area contributed by atoms with Crippen LogP contribution in [0.2, 0.25) is 0 Å². The fraction of sp³-hybridized carbons (Fsp3) is 0.304. The number of hydrogen-bond acceptors (Lipinski definition) is 1. The molecule has 2 heterocycles. The lowest BCUT2D eigenvalue weighted by Gasteiger charge is -2.39. The smallest absolute Gasteiger partial charge is 0.117 e. The van der Waals surface area contributed by atoms with Crippen molar-refractivity contribution in [3.63, 3.8) is 0 Å². The van der Waals surface area contributed by atoms with E-state index in [4.69, 9.17) is 7.85 Å². The van der Waals surface area contributed by atoms with Crippen LogP contribution in [0, 0.1) is 5.92 Å². The Balaban J connectivity index is 0.000000948. The lowest BCUT2D eigenvalue weighted by Crippen LogP contribution is -2.39. The summed E-state index contributed by atoms with van der Waals surface area (Å²) in [5.74, 6) is 0.909. The normalized spacial score (nSPS) is 24.0. The van der Waals surface area contributed by atoms with Gasteiger partial charge in [-0.3, -0.25) is 0 Å². The molecule has 132 valence electrons. The minimum Gasteiger partial charge on any atom is -0.378 e. The molecule has 3 heteroatoms. The van der Waals surface area contributed by atoms with Crippen LogP contribution >= 0.6 is 0 Å². The number of nitrogens with one attached hydrogen (secondary N) is 2. The number of fused-ring (bicyclic) bond motifs is 4. The lowest BCUT2D eigenvalue weighted by molar-refractivity contribution is 0.455. The standard InChI is InChI=1S/C21H21BN2.C2H6/c1-3-6-13(7-4-2)20-15-9-5-8-14(15)17-12-18-16(10-11-23-18)19(22)21(17)24-20;1-2/h3-8,10-12,14-15,20,23-24H,1,9H2,2H3;1-2H3/b7-4-,13-6+;. The molecule has 1 aromatic heterocycles. The Bertz CT molecular complexity index is 885. The molecule has 3 unspecified atom stereocenters. The second-order valence-electron chi connectivity index (χ2n) is 6.57. The summed E-state index contributed by atoms with van der Waals surface area (Å²) in [5.41, 5.74) is 5.59. The number of aromatic nitrogens is 1. The molecule has 2 aliphatic rings. The van der Waals surface area contributed by atoms with E-state index in [1.807, 2.05) is 32.2 Å². The summed E-state index contributed by atoms with van der Waals surface area (Å²) in [6, 6.07) is 4.54. The third kappa shape index (κ3) is 2.96. The van der Waals surface area contributed by atoms with E-state index >= 15 is 0 Å². The molecule has 0 saturated carbocycles. The SMILES string of the molecule is CC.[B]c1c2c(cc3[nH]ccc13)C1C=CCC1C(C(/C=C\C)=C/C=C)N2. The predicted molar refractivity (Wildman–Crippen MR) is 116 cm³/mol. The largest absolute Gasteiger partial charge is 0.378 e. The van der Waals surface area contributed by atoms with Gasteiger partial charge in [-0.1, -0.05) is 62.3 Å². The monoisotopic (exact) mass is 342 g/mol. The van der Waals surface area contributed by atoms with Crippen molar-refractivity contribution in [2.45, 2.75) is 39.2 Å². The predicted octanol–water partition coefficient (Wildman–Crippen LogP) is 5.13. The molecule has 1 aliphatic heterocycles. The van der Waals surface area contributed by atoms with Gasteiger partial charge >= 0.3 is 0 Å². The van der Waals surface area contributed by atoms with Crippen LogP contribution in [0.15, 0.2) is 66.9 Å². The number of benzene rings is 1. The van der Waals surface area contributed by atoms with E-state index in [0.717, 1.165) is 28.5 Å². The molecule has 0 fully saturated rings. The number of aromatic amines is 1. The van der Waals surface area contributed by atoms with Gasteiger partial charge in [-0.15, -0.1) is 0 Å². The van der Waals surface area contributed by atoms with Gasteiger partial charge in [-0.05, 0) is 47.9 Å². The second kappa shape index (κ2) is 7.86. The van der Waals surface area contributed by atoms with Crippen LogP contribution < -0.4 is 10.8 Å². The molecule has 2 nitrogen and oxygen atoms in total. The first-order valence-corrected chi connectivity index (χ1v) is 9.52. The van der Waals surface area contributed by atoms with E-state index in [9.17, 15) is 0 Å². The van der Waals surface area contributed by atoms with Gasteiger partial charge in [0.15, 0.2) is 0 Å². The lowest BCUT2D eigenvalue weighted by atomic mass is 9.73. The summed E-state index contributed by atoms with van der Waals surface area (Å²) in [4.78, 5) is 3.30. The summed E-state index contributed by atoms with van der Waals surface area (Å²) >= 11 is 0. The molecule has 3 atom stereocenters. The number of hydrogen-bond donors (Lipinski definition) is 2. The molecule has 2 N–H and O–H groups in total. The van der Waals surface area contributed by atoms with Crippen molar-refractivity contribution in [3.8, 4) is 0 Å². The Morgan fingerprint density at radius 1 is 1.35 bits per heavy atom. The first-order valence-electron chi connectivity index (χ1n) is 9.52. The van der Waals surface area contributed by atoms with Gasteiger partial charge in [0.2, 0.25) is 0 Å². The molecule has 0 saturated heterocycles. The van der Waals surface area contributed by atoms with Crippen molar-refractivity contribution in [2.75, 3.05) is 5.32 Å². The zero-order chi connectivity index (χ0) is 18.7. The van der Waals surface area contributed by atoms with Gasteiger partial charge in [0, 0.05) is 23.3 Å². The van der Waals surface area contributed by atoms with Crippen LogP contribution in [0.1, 0.15) is 38.7 Å². The van der Waals surface area contributed by atoms with Crippen LogP contribution in [0.3, 0.4) is 0 Å². The number of allylic oxidation sites excluding steroid dienone is 5. The number of H-pyrrole nitrogens is 1. The van der Waals surface area contributed by atoms with E-state index in [1.54, 1.807) is 0 Å². The zero-order valence-electron chi connectivity index (χ0n) is 15.9. The molecule has 26 heavy (non-hydrogen) atoms. The van der Waals surface area contributed by atoms with Crippen LogP contribution in [-0.2, 0) is 0 Å². The molecule has 0 bridgehead atoms. The Labute approximate surface area is 158 Å². The van der Waals surface area contributed by atoms with E-state index in [2.05, 4.69) is 60.2 Å². The molecule has 1 aliphatic carbocycles. The maximum Gasteiger partial charge on any atom is 0.117 e. The highest BCUT2D eigenvalue weighted by molar-refractivity contribution is 6.42. The van der Waals surface area contributed by atoms with Gasteiger partial charge in [0.25, 0.3) is 0 Å². The van der Waals surface area contributed by atoms with E-state index in [-0.39, 0.29) is 6.04 Å². The summed E-state index contributed by atoms with van der Waals surface area (Å²) in [6.45, 7) is 9.93. The van der Waals surface area contributed by atoms with Crippen molar-refractivity contribution in [2.24, 2.45) is 5.92 Å². The van der Waals surface area contributed by atoms with Crippen molar-refractivity contribution < 1.29 is 0 Å². The van der Waals surface area contributed by atoms with Crippen LogP contribution in [0.25, 0.3) is 10.9 Å². The first-order chi connectivity index (χ1) is 12.7. The minimum atomic E-state index is 0.241. The number of anilines is 1. The van der Waals surface area contributed by atoms with Gasteiger partial charge in [0.1, 0.15) is 7.85 Å². The third-order valence-corrected chi connectivity index (χ3v) is 5.26. The van der Waals surface area contributed by atoms with E-state index < -0.39 is 0 Å². The molecule has 4 rings (SSSR count). The summed E-state index contributed by atoms with van der Waals surface area (Å²) in [6.07, 6.45) is 15.9. The summed E-state index contributed by atoms with van der Waals surface area (Å²) < 4.78 is 0. The Hall–Kier alpha value is -2.42. The topological polar surface area (TPSA) is 27.8 Å². The molecule has 0 spiro atoms. The van der Waals surface area contributed by atoms with Crippen molar-refractivity contribution >= 4 is 29.9 Å². The second-order valence-corrected chi connectivity index (χ2v) is 6.57. The Kier molecular flexibility index (Phi) is 5.56. The third-order valence-electron chi connectivity index (χ3n) is 5.26. The zero-order valence-corrected chi connectivity index (χ0v) is 15.9. The highest BCUT2D eigenvalue weighted by Crippen LogP contribution is 2.46. The minimum absolute atomic E-state index is 0.241. The summed E-state index contributed by atoms with van der Waals surface area (Å²) in [7, 11) is 6.51. The molecule has 2 aromatic rings. The van der Waals surface area contributed by atoms with Gasteiger partial charge in [-0.2, -0.15) is 0 Å². The van der Waals surface area contributed by atoms with E-state index in [1.165, 1.54) is 11.1 Å². The van der Waals surface area contributed by atoms with Crippen LogP contribution in [-0.4, -0.2) is 18.9 Å². The van der Waals surface area contributed by atoms with Crippen molar-refractivity contribution in [1.29, 1.82) is 0 Å². The molecular weight excluding hydrogens is 315 g/mol. The van der Waals surface area contributed by atoms with Gasteiger partial charge in [-0.25, -0.2) is 0 Å². The Morgan fingerprint density at radius 2 is 2.15 bits per heavy atom. The highest BCUT2D eigenvalue weighted by atomic mass is 15.0. The first kappa shape index (κ1) is 18.4. The Morgan fingerprint density at radius 3 is 2.88 bits per heavy atom. The summed E-state index contributed by atoms with van der Waals surface area (Å²) in [5, 5.41) is 4.83. The van der Waals surface area contributed by atoms with E-state index in [0.29, 0.717) is 11.8 Å². The average Bonchev–Trinajstić information content (AvgIpc) is 3.32. The molecule has 0 amide bonds. The molecule has 1 aromatic carbocycles. The van der Waals surface area contributed by atoms with Gasteiger partial charge in [0.05, 0.1) is 6.04 Å². The maximum atomic E-state index is 6.51. The van der Waals surface area contributed by atoms with Gasteiger partial charge < -0.3 is 10.3 Å². The van der Waals surface area contributed by atoms with Crippen molar-refractivity contribution in [1.82, 2.24) is 4.98 Å². The highest BCUT2D eigenvalue weighted by Gasteiger charge is 2.38. The maximum absolute atomic E-state index is 6.51. The molecular formula is C23H27BN2. The average molecular weight is 342 g/mol. The fourth-order valence-corrected chi connectivity index (χ4v) is 4.21. The molecule has 2 radical (unpaired) electrons. The van der Waals surface area contributed by atoms with Crippen molar-refractivity contribution in [3.05, 3.63) is 72.5 Å². The number of rotatable bonds is 3. The van der Waals surface area contributed by atoms with Crippen LogP contribution in [0.4, 0.5) is 5.69 Å².